The highest BCUT2D eigenvalue weighted by Gasteiger charge is 2.20. The lowest BCUT2D eigenvalue weighted by atomic mass is 10.2. The summed E-state index contributed by atoms with van der Waals surface area (Å²) < 4.78 is 0. The van der Waals surface area contributed by atoms with Gasteiger partial charge in [0.15, 0.2) is 0 Å². The highest BCUT2D eigenvalue weighted by atomic mass is 16.4. The number of carboxylic acids is 1. The van der Waals surface area contributed by atoms with E-state index in [-0.39, 0.29) is 17.9 Å². The Morgan fingerprint density at radius 3 is 2.07 bits per heavy atom. The Bertz CT molecular complexity index is 257. The Kier molecular flexibility index (Phi) is 4.23. The Labute approximate surface area is 87.0 Å². The maximum atomic E-state index is 10.1. The van der Waals surface area contributed by atoms with Crippen molar-refractivity contribution in [2.24, 2.45) is 0 Å². The molecule has 0 radical (unpaired) electrons. The van der Waals surface area contributed by atoms with E-state index in [1.165, 1.54) is 0 Å². The summed E-state index contributed by atoms with van der Waals surface area (Å²) in [6, 6.07) is -0.269. The van der Waals surface area contributed by atoms with Crippen LogP contribution in [0.2, 0.25) is 0 Å². The third-order valence-electron chi connectivity index (χ3n) is 2.22. The van der Waals surface area contributed by atoms with Gasteiger partial charge in [0.2, 0.25) is 11.8 Å². The standard InChI is InChI=1S/C5H9NO2.C4H5NO2/c7-5(8)4-2-1-3-6-4;6-3-1-2-4(7)5-3/h4,6H,1-3H2,(H,7,8);1-2H2,(H,5,6,7)/t4-;/m0./s1. The Balaban J connectivity index is 0.000000151. The molecule has 2 aliphatic rings. The average Bonchev–Trinajstić information content (AvgIpc) is 2.77. The van der Waals surface area contributed by atoms with Crippen LogP contribution in [0.4, 0.5) is 0 Å². The molecule has 0 aromatic rings. The zero-order valence-electron chi connectivity index (χ0n) is 8.28. The molecule has 2 amide bonds. The maximum Gasteiger partial charge on any atom is 0.320 e. The highest BCUT2D eigenvalue weighted by Crippen LogP contribution is 2.03. The minimum absolute atomic E-state index is 0.148. The predicted molar refractivity (Wildman–Crippen MR) is 51.0 cm³/mol. The summed E-state index contributed by atoms with van der Waals surface area (Å²) in [5.74, 6) is -1.02. The Hall–Kier alpha value is -1.43. The molecular weight excluding hydrogens is 200 g/mol. The summed E-state index contributed by atoms with van der Waals surface area (Å²) in [6.07, 6.45) is 2.53. The fraction of sp³-hybridized carbons (Fsp3) is 0.667. The van der Waals surface area contributed by atoms with Crippen LogP contribution in [0.1, 0.15) is 25.7 Å². The summed E-state index contributed by atoms with van der Waals surface area (Å²) in [5.41, 5.74) is 0. The molecule has 0 spiro atoms. The van der Waals surface area contributed by atoms with Crippen molar-refractivity contribution in [1.82, 2.24) is 10.6 Å². The first-order valence-electron chi connectivity index (χ1n) is 4.88. The van der Waals surface area contributed by atoms with Crippen LogP contribution in [0.25, 0.3) is 0 Å². The third kappa shape index (κ3) is 4.07. The Morgan fingerprint density at radius 1 is 1.27 bits per heavy atom. The van der Waals surface area contributed by atoms with E-state index in [4.69, 9.17) is 5.11 Å². The van der Waals surface area contributed by atoms with Gasteiger partial charge in [0.25, 0.3) is 0 Å². The fourth-order valence-electron chi connectivity index (χ4n) is 1.40. The van der Waals surface area contributed by atoms with Crippen LogP contribution in [0.3, 0.4) is 0 Å². The van der Waals surface area contributed by atoms with Crippen molar-refractivity contribution in [1.29, 1.82) is 0 Å². The van der Waals surface area contributed by atoms with Crippen LogP contribution >= 0.6 is 0 Å². The summed E-state index contributed by atoms with van der Waals surface area (Å²) in [7, 11) is 0. The number of hydrogen-bond acceptors (Lipinski definition) is 4. The molecule has 2 rings (SSSR count). The molecule has 2 aliphatic heterocycles. The number of amides is 2. The van der Waals surface area contributed by atoms with Crippen molar-refractivity contribution in [3.05, 3.63) is 0 Å². The number of nitrogens with one attached hydrogen (secondary N) is 2. The number of rotatable bonds is 1. The van der Waals surface area contributed by atoms with Crippen molar-refractivity contribution in [3.63, 3.8) is 0 Å². The zero-order chi connectivity index (χ0) is 11.3. The first-order valence-corrected chi connectivity index (χ1v) is 4.88. The minimum Gasteiger partial charge on any atom is -0.480 e. The Morgan fingerprint density at radius 2 is 1.87 bits per heavy atom. The summed E-state index contributed by atoms with van der Waals surface area (Å²) in [4.78, 5) is 30.4. The van der Waals surface area contributed by atoms with Crippen molar-refractivity contribution < 1.29 is 19.5 Å². The molecule has 2 heterocycles. The molecule has 2 fully saturated rings. The quantitative estimate of drug-likeness (QED) is 0.499. The minimum atomic E-state index is -0.720. The van der Waals surface area contributed by atoms with Gasteiger partial charge < -0.3 is 10.4 Å². The number of carbonyl (C=O) groups is 3. The van der Waals surface area contributed by atoms with E-state index < -0.39 is 5.97 Å². The molecule has 15 heavy (non-hydrogen) atoms. The second kappa shape index (κ2) is 5.45. The van der Waals surface area contributed by atoms with Gasteiger partial charge in [0.05, 0.1) is 0 Å². The van der Waals surface area contributed by atoms with Crippen LogP contribution in [0.5, 0.6) is 0 Å². The molecular formula is C9H14N2O4. The monoisotopic (exact) mass is 214 g/mol. The largest absolute Gasteiger partial charge is 0.480 e. The molecule has 0 aliphatic carbocycles. The SMILES string of the molecule is O=C(O)[C@@H]1CCCN1.O=C1CCC(=O)N1. The van der Waals surface area contributed by atoms with Crippen molar-refractivity contribution in [2.75, 3.05) is 6.54 Å². The molecule has 0 aromatic heterocycles. The zero-order valence-corrected chi connectivity index (χ0v) is 8.28. The molecule has 6 nitrogen and oxygen atoms in total. The van der Waals surface area contributed by atoms with Gasteiger partial charge in [0.1, 0.15) is 6.04 Å². The van der Waals surface area contributed by atoms with Crippen molar-refractivity contribution >= 4 is 17.8 Å². The number of hydrogen-bond donors (Lipinski definition) is 3. The van der Waals surface area contributed by atoms with E-state index in [2.05, 4.69) is 10.6 Å². The molecule has 1 atom stereocenters. The third-order valence-corrected chi connectivity index (χ3v) is 2.22. The normalized spacial score (nSPS) is 24.4. The van der Waals surface area contributed by atoms with Gasteiger partial charge in [-0.05, 0) is 19.4 Å². The molecule has 2 saturated heterocycles. The van der Waals surface area contributed by atoms with Gasteiger partial charge in [-0.1, -0.05) is 0 Å². The van der Waals surface area contributed by atoms with Gasteiger partial charge in [0, 0.05) is 12.8 Å². The van der Waals surface area contributed by atoms with Gasteiger partial charge in [-0.15, -0.1) is 0 Å². The van der Waals surface area contributed by atoms with Crippen LogP contribution < -0.4 is 10.6 Å². The van der Waals surface area contributed by atoms with Crippen LogP contribution in [-0.4, -0.2) is 35.5 Å². The second-order valence-corrected chi connectivity index (χ2v) is 3.46. The fourth-order valence-corrected chi connectivity index (χ4v) is 1.40. The van der Waals surface area contributed by atoms with E-state index in [0.717, 1.165) is 19.4 Å². The lowest BCUT2D eigenvalue weighted by molar-refractivity contribution is -0.139. The van der Waals surface area contributed by atoms with Crippen LogP contribution in [0, 0.1) is 0 Å². The van der Waals surface area contributed by atoms with E-state index in [1.807, 2.05) is 0 Å². The van der Waals surface area contributed by atoms with E-state index >= 15 is 0 Å². The summed E-state index contributed by atoms with van der Waals surface area (Å²) in [5, 5.41) is 13.3. The predicted octanol–water partition coefficient (Wildman–Crippen LogP) is -0.754. The van der Waals surface area contributed by atoms with Gasteiger partial charge in [-0.3, -0.25) is 19.7 Å². The van der Waals surface area contributed by atoms with Crippen molar-refractivity contribution in [2.45, 2.75) is 31.7 Å². The van der Waals surface area contributed by atoms with Gasteiger partial charge >= 0.3 is 5.97 Å². The van der Waals surface area contributed by atoms with Crippen molar-refractivity contribution in [3.8, 4) is 0 Å². The van der Waals surface area contributed by atoms with Crippen LogP contribution in [-0.2, 0) is 14.4 Å². The van der Waals surface area contributed by atoms with E-state index in [1.54, 1.807) is 0 Å². The molecule has 3 N–H and O–H groups in total. The topological polar surface area (TPSA) is 95.5 Å². The molecule has 6 heteroatoms. The maximum absolute atomic E-state index is 10.1. The molecule has 0 aromatic carbocycles. The lowest BCUT2D eigenvalue weighted by Crippen LogP contribution is -2.29. The first kappa shape index (κ1) is 11.6. The second-order valence-electron chi connectivity index (χ2n) is 3.46. The van der Waals surface area contributed by atoms with E-state index in [0.29, 0.717) is 12.8 Å². The molecule has 0 unspecified atom stereocenters. The molecule has 0 saturated carbocycles. The smallest absolute Gasteiger partial charge is 0.320 e. The summed E-state index contributed by atoms with van der Waals surface area (Å²) in [6.45, 7) is 0.858. The van der Waals surface area contributed by atoms with Gasteiger partial charge in [-0.25, -0.2) is 0 Å². The number of carboxylic acid groups (broad SMARTS) is 1. The average molecular weight is 214 g/mol. The lowest BCUT2D eigenvalue weighted by Gasteiger charge is -1.99. The molecule has 0 bridgehead atoms. The summed E-state index contributed by atoms with van der Waals surface area (Å²) >= 11 is 0. The van der Waals surface area contributed by atoms with Gasteiger partial charge in [-0.2, -0.15) is 0 Å². The number of carbonyl (C=O) groups excluding carboxylic acids is 2. The number of aliphatic carboxylic acids is 1. The highest BCUT2D eigenvalue weighted by molar-refractivity contribution is 6.01. The first-order chi connectivity index (χ1) is 7.09. The number of imide groups is 1. The molecule has 84 valence electrons. The van der Waals surface area contributed by atoms with Crippen LogP contribution in [0.15, 0.2) is 0 Å². The van der Waals surface area contributed by atoms with E-state index in [9.17, 15) is 14.4 Å².